The van der Waals surface area contributed by atoms with Crippen molar-refractivity contribution in [1.82, 2.24) is 0 Å². The van der Waals surface area contributed by atoms with E-state index in [1.807, 2.05) is 13.0 Å². The highest BCUT2D eigenvalue weighted by Crippen LogP contribution is 2.38. The molecule has 0 spiro atoms. The third-order valence-corrected chi connectivity index (χ3v) is 5.12. The van der Waals surface area contributed by atoms with Crippen molar-refractivity contribution < 1.29 is 23.9 Å². The Morgan fingerprint density at radius 3 is 2.61 bits per heavy atom. The molecule has 0 saturated carbocycles. The summed E-state index contributed by atoms with van der Waals surface area (Å²) in [5, 5.41) is -0.154. The first-order valence-electron chi connectivity index (χ1n) is 9.30. The van der Waals surface area contributed by atoms with Gasteiger partial charge in [0.1, 0.15) is 12.0 Å². The number of ether oxygens (including phenoxy) is 2. The molecule has 5 nitrogen and oxygen atoms in total. The molecule has 2 atom stereocenters. The minimum atomic E-state index is -1.97. The van der Waals surface area contributed by atoms with Crippen LogP contribution in [0.3, 0.4) is 0 Å². The quantitative estimate of drug-likeness (QED) is 0.365. The van der Waals surface area contributed by atoms with E-state index in [1.54, 1.807) is 19.1 Å². The van der Waals surface area contributed by atoms with Crippen LogP contribution in [0.2, 0.25) is 0 Å². The van der Waals surface area contributed by atoms with Gasteiger partial charge >= 0.3 is 5.97 Å². The van der Waals surface area contributed by atoms with Crippen molar-refractivity contribution in [3.8, 4) is 0 Å². The van der Waals surface area contributed by atoms with Crippen molar-refractivity contribution in [3.63, 3.8) is 0 Å². The number of rotatable bonds is 6. The normalized spacial score (nSPS) is 23.9. The van der Waals surface area contributed by atoms with E-state index in [9.17, 15) is 14.4 Å². The summed E-state index contributed by atoms with van der Waals surface area (Å²) in [6, 6.07) is 0. The summed E-state index contributed by atoms with van der Waals surface area (Å²) >= 11 is 6.24. The highest BCUT2D eigenvalue weighted by Gasteiger charge is 2.52. The second-order valence-electron chi connectivity index (χ2n) is 7.07. The lowest BCUT2D eigenvalue weighted by molar-refractivity contribution is -0.168. The van der Waals surface area contributed by atoms with Crippen LogP contribution in [0.5, 0.6) is 0 Å². The molecule has 0 saturated heterocycles. The standard InChI is InChI=1S/C22H25ClO5/c1-6-13(3)10-14(4)8-9-15-11-16-17(12-27-15)20(25)22(5,21(26)19(16)23)28-18(24)7-2/h8-13H,6-7H2,1-5H3/b9-8+,14-10+/t13-,22+/m0/s1. The molecule has 2 rings (SSSR count). The summed E-state index contributed by atoms with van der Waals surface area (Å²) in [5.74, 6) is -1.12. The Hall–Kier alpha value is -2.40. The summed E-state index contributed by atoms with van der Waals surface area (Å²) in [6.45, 7) is 9.08. The Kier molecular flexibility index (Phi) is 6.83. The van der Waals surface area contributed by atoms with Crippen LogP contribution >= 0.6 is 11.6 Å². The zero-order valence-corrected chi connectivity index (χ0v) is 17.6. The van der Waals surface area contributed by atoms with Gasteiger partial charge in [0.25, 0.3) is 0 Å². The number of fused-ring (bicyclic) bond motifs is 1. The molecule has 150 valence electrons. The topological polar surface area (TPSA) is 69.7 Å². The van der Waals surface area contributed by atoms with Crippen molar-refractivity contribution in [3.05, 3.63) is 58.1 Å². The first-order chi connectivity index (χ1) is 13.1. The van der Waals surface area contributed by atoms with E-state index in [0.717, 1.165) is 12.0 Å². The van der Waals surface area contributed by atoms with Gasteiger partial charge in [0.15, 0.2) is 0 Å². The average Bonchev–Trinajstić information content (AvgIpc) is 2.68. The Bertz CT molecular complexity index is 856. The maximum absolute atomic E-state index is 12.8. The van der Waals surface area contributed by atoms with E-state index in [-0.39, 0.29) is 22.6 Å². The number of Topliss-reactive ketones (excluding diaryl/α,β-unsaturated/α-hetero) is 2. The van der Waals surface area contributed by atoms with Gasteiger partial charge in [-0.25, -0.2) is 0 Å². The summed E-state index contributed by atoms with van der Waals surface area (Å²) in [6.07, 6.45) is 9.67. The van der Waals surface area contributed by atoms with Crippen molar-refractivity contribution in [2.45, 2.75) is 53.1 Å². The zero-order valence-electron chi connectivity index (χ0n) is 16.8. The summed E-state index contributed by atoms with van der Waals surface area (Å²) in [7, 11) is 0. The van der Waals surface area contributed by atoms with Crippen LogP contribution in [-0.4, -0.2) is 23.1 Å². The molecule has 0 aromatic heterocycles. The molecule has 0 radical (unpaired) electrons. The highest BCUT2D eigenvalue weighted by atomic mass is 35.5. The van der Waals surface area contributed by atoms with Gasteiger partial charge < -0.3 is 9.47 Å². The third-order valence-electron chi connectivity index (χ3n) is 4.75. The second-order valence-corrected chi connectivity index (χ2v) is 7.45. The Labute approximate surface area is 170 Å². The van der Waals surface area contributed by atoms with Gasteiger partial charge in [0.2, 0.25) is 17.2 Å². The van der Waals surface area contributed by atoms with Gasteiger partial charge in [-0.05, 0) is 31.9 Å². The molecule has 0 fully saturated rings. The molecule has 0 aromatic carbocycles. The van der Waals surface area contributed by atoms with Gasteiger partial charge in [0, 0.05) is 12.0 Å². The highest BCUT2D eigenvalue weighted by molar-refractivity contribution is 6.49. The fraction of sp³-hybridized carbons (Fsp3) is 0.409. The average molecular weight is 405 g/mol. The Morgan fingerprint density at radius 2 is 2.00 bits per heavy atom. The SMILES string of the molecule is CCC(=O)O[C@]1(C)C(=O)C2=COC(/C=C/C(C)=C/[C@@H](C)CC)=CC2=C(Cl)C1=O. The number of hydrogen-bond donors (Lipinski definition) is 0. The predicted molar refractivity (Wildman–Crippen MR) is 107 cm³/mol. The van der Waals surface area contributed by atoms with Crippen molar-refractivity contribution in [2.24, 2.45) is 5.92 Å². The maximum atomic E-state index is 12.8. The largest absolute Gasteiger partial charge is 0.464 e. The molecule has 0 N–H and O–H groups in total. The fourth-order valence-electron chi connectivity index (χ4n) is 2.81. The van der Waals surface area contributed by atoms with Crippen molar-refractivity contribution in [2.75, 3.05) is 0 Å². The third kappa shape index (κ3) is 4.36. The van der Waals surface area contributed by atoms with Crippen LogP contribution in [0, 0.1) is 5.92 Å². The van der Waals surface area contributed by atoms with Crippen LogP contribution in [0.25, 0.3) is 0 Å². The zero-order chi connectivity index (χ0) is 21.1. The van der Waals surface area contributed by atoms with Crippen molar-refractivity contribution in [1.29, 1.82) is 0 Å². The number of hydrogen-bond acceptors (Lipinski definition) is 5. The van der Waals surface area contributed by atoms with Crippen LogP contribution in [0.15, 0.2) is 58.1 Å². The molecule has 6 heteroatoms. The number of ketones is 2. The van der Waals surface area contributed by atoms with E-state index >= 15 is 0 Å². The number of esters is 1. The summed E-state index contributed by atoms with van der Waals surface area (Å²) < 4.78 is 10.7. The van der Waals surface area contributed by atoms with E-state index in [2.05, 4.69) is 19.9 Å². The minimum Gasteiger partial charge on any atom is -0.464 e. The van der Waals surface area contributed by atoms with Gasteiger partial charge in [-0.3, -0.25) is 14.4 Å². The Morgan fingerprint density at radius 1 is 1.32 bits per heavy atom. The van der Waals surface area contributed by atoms with Crippen LogP contribution < -0.4 is 0 Å². The van der Waals surface area contributed by atoms with E-state index in [1.165, 1.54) is 13.2 Å². The molecule has 28 heavy (non-hydrogen) atoms. The molecule has 1 aliphatic heterocycles. The number of carbonyl (C=O) groups excluding carboxylic acids is 3. The molecule has 1 heterocycles. The maximum Gasteiger partial charge on any atom is 0.306 e. The summed E-state index contributed by atoms with van der Waals surface area (Å²) in [4.78, 5) is 37.2. The van der Waals surface area contributed by atoms with Gasteiger partial charge in [-0.2, -0.15) is 0 Å². The van der Waals surface area contributed by atoms with Gasteiger partial charge in [-0.1, -0.05) is 56.5 Å². The van der Waals surface area contributed by atoms with E-state index in [4.69, 9.17) is 21.1 Å². The molecule has 1 aliphatic carbocycles. The summed E-state index contributed by atoms with van der Waals surface area (Å²) in [5.41, 5.74) is -0.514. The Balaban J connectivity index is 2.35. The van der Waals surface area contributed by atoms with Crippen LogP contribution in [0.1, 0.15) is 47.5 Å². The number of allylic oxidation sites excluding steroid dienone is 6. The van der Waals surface area contributed by atoms with E-state index < -0.39 is 23.1 Å². The van der Waals surface area contributed by atoms with E-state index in [0.29, 0.717) is 11.7 Å². The molecule has 0 aromatic rings. The second kappa shape index (κ2) is 8.74. The molecule has 0 amide bonds. The number of halogens is 1. The molecule has 0 bridgehead atoms. The molecular formula is C22H25ClO5. The van der Waals surface area contributed by atoms with Gasteiger partial charge in [-0.15, -0.1) is 0 Å². The predicted octanol–water partition coefficient (Wildman–Crippen LogP) is 4.69. The molecule has 2 aliphatic rings. The minimum absolute atomic E-state index is 0.0399. The smallest absolute Gasteiger partial charge is 0.306 e. The van der Waals surface area contributed by atoms with Crippen LogP contribution in [-0.2, 0) is 23.9 Å². The molecular weight excluding hydrogens is 380 g/mol. The lowest BCUT2D eigenvalue weighted by Crippen LogP contribution is -2.51. The monoisotopic (exact) mass is 404 g/mol. The van der Waals surface area contributed by atoms with Crippen molar-refractivity contribution >= 4 is 29.1 Å². The molecule has 0 unspecified atom stereocenters. The lowest BCUT2D eigenvalue weighted by Gasteiger charge is -2.32. The fourth-order valence-corrected chi connectivity index (χ4v) is 3.15. The lowest BCUT2D eigenvalue weighted by atomic mass is 9.80. The van der Waals surface area contributed by atoms with Gasteiger partial charge in [0.05, 0.1) is 10.6 Å². The first-order valence-corrected chi connectivity index (χ1v) is 9.68. The van der Waals surface area contributed by atoms with Crippen LogP contribution in [0.4, 0.5) is 0 Å². The number of carbonyl (C=O) groups is 3. The first kappa shape index (κ1) is 21.9.